The minimum absolute atomic E-state index is 0.400. The summed E-state index contributed by atoms with van der Waals surface area (Å²) >= 11 is 1.76. The Hall–Kier alpha value is -2.47. The lowest BCUT2D eigenvalue weighted by atomic mass is 9.99. The van der Waals surface area contributed by atoms with Crippen molar-refractivity contribution in [3.05, 3.63) is 58.0 Å². The largest absolute Gasteiger partial charge is 0.399 e. The summed E-state index contributed by atoms with van der Waals surface area (Å²) in [5.74, 6) is 1.53. The Kier molecular flexibility index (Phi) is 4.15. The summed E-state index contributed by atoms with van der Waals surface area (Å²) in [6.07, 6.45) is 2.94. The maximum absolute atomic E-state index is 5.90. The summed E-state index contributed by atoms with van der Waals surface area (Å²) in [5, 5.41) is 9.37. The quantitative estimate of drug-likeness (QED) is 0.559. The maximum atomic E-state index is 5.90. The van der Waals surface area contributed by atoms with Gasteiger partial charge in [0.15, 0.2) is 0 Å². The van der Waals surface area contributed by atoms with Gasteiger partial charge in [0.25, 0.3) is 0 Å². The molecular formula is C20H23N5S. The Bertz CT molecular complexity index is 980. The summed E-state index contributed by atoms with van der Waals surface area (Å²) in [4.78, 5) is 6.43. The molecule has 2 aromatic heterocycles. The predicted molar refractivity (Wildman–Crippen MR) is 108 cm³/mol. The van der Waals surface area contributed by atoms with Crippen LogP contribution < -0.4 is 5.73 Å². The second-order valence-electron chi connectivity index (χ2n) is 7.09. The second-order valence-corrected chi connectivity index (χ2v) is 8.29. The average molecular weight is 366 g/mol. The smallest absolute Gasteiger partial charge is 0.134 e. The minimum atomic E-state index is 0.400. The summed E-state index contributed by atoms with van der Waals surface area (Å²) in [5.41, 5.74) is 11.3. The standard InChI is InChI=1S/C20H23N5S/c1-11-9-17(11)23-19(15-5-7-16(21)8-6-15)18-12(2)13(3)26-20(18)25-10-22-24-14(25)4/h5-8,10-11,17H,9,21H2,1-4H3. The van der Waals surface area contributed by atoms with Crippen LogP contribution in [0.15, 0.2) is 35.6 Å². The van der Waals surface area contributed by atoms with Crippen molar-refractivity contribution in [2.24, 2.45) is 10.9 Å². The van der Waals surface area contributed by atoms with Crippen molar-refractivity contribution in [2.45, 2.75) is 40.2 Å². The first kappa shape index (κ1) is 17.0. The molecule has 3 aromatic rings. The summed E-state index contributed by atoms with van der Waals surface area (Å²) in [6, 6.07) is 8.42. The molecule has 2 unspecified atom stereocenters. The number of hydrogen-bond acceptors (Lipinski definition) is 5. The zero-order valence-electron chi connectivity index (χ0n) is 15.5. The van der Waals surface area contributed by atoms with Gasteiger partial charge in [-0.2, -0.15) is 0 Å². The highest BCUT2D eigenvalue weighted by atomic mass is 32.1. The van der Waals surface area contributed by atoms with Crippen molar-refractivity contribution in [3.63, 3.8) is 0 Å². The van der Waals surface area contributed by atoms with Crippen molar-refractivity contribution in [1.82, 2.24) is 14.8 Å². The molecule has 0 bridgehead atoms. The van der Waals surface area contributed by atoms with Crippen molar-refractivity contribution in [1.29, 1.82) is 0 Å². The fourth-order valence-corrected chi connectivity index (χ4v) is 4.30. The van der Waals surface area contributed by atoms with E-state index in [-0.39, 0.29) is 0 Å². The fraction of sp³-hybridized carbons (Fsp3) is 0.350. The molecule has 0 aliphatic heterocycles. The Morgan fingerprint density at radius 3 is 2.50 bits per heavy atom. The van der Waals surface area contributed by atoms with E-state index < -0.39 is 0 Å². The van der Waals surface area contributed by atoms with Crippen LogP contribution in [-0.2, 0) is 0 Å². The third-order valence-corrected chi connectivity index (χ3v) is 6.29. The Morgan fingerprint density at radius 1 is 1.23 bits per heavy atom. The van der Waals surface area contributed by atoms with Crippen molar-refractivity contribution < 1.29 is 0 Å². The Labute approximate surface area is 157 Å². The van der Waals surface area contributed by atoms with Gasteiger partial charge in [-0.05, 0) is 50.8 Å². The van der Waals surface area contributed by atoms with Gasteiger partial charge in [0.2, 0.25) is 0 Å². The number of thiophene rings is 1. The molecule has 1 aromatic carbocycles. The van der Waals surface area contributed by atoms with Gasteiger partial charge in [-0.25, -0.2) is 0 Å². The highest BCUT2D eigenvalue weighted by Gasteiger charge is 2.34. The lowest BCUT2D eigenvalue weighted by Crippen LogP contribution is -2.10. The molecule has 1 fully saturated rings. The summed E-state index contributed by atoms with van der Waals surface area (Å²) in [6.45, 7) is 8.57. The Morgan fingerprint density at radius 2 is 1.92 bits per heavy atom. The normalized spacial score (nSPS) is 19.8. The number of nitrogens with two attached hydrogens (primary N) is 1. The molecule has 1 aliphatic carbocycles. The number of nitrogen functional groups attached to an aromatic ring is 1. The number of aromatic nitrogens is 3. The zero-order chi connectivity index (χ0) is 18.4. The van der Waals surface area contributed by atoms with Crippen LogP contribution >= 0.6 is 11.3 Å². The van der Waals surface area contributed by atoms with Gasteiger partial charge in [0.05, 0.1) is 11.8 Å². The summed E-state index contributed by atoms with van der Waals surface area (Å²) in [7, 11) is 0. The molecule has 6 heteroatoms. The van der Waals surface area contributed by atoms with E-state index >= 15 is 0 Å². The number of rotatable bonds is 4. The number of benzene rings is 1. The van der Waals surface area contributed by atoms with E-state index in [4.69, 9.17) is 10.7 Å². The van der Waals surface area contributed by atoms with Gasteiger partial charge in [-0.3, -0.25) is 9.56 Å². The van der Waals surface area contributed by atoms with E-state index in [2.05, 4.69) is 47.7 Å². The SMILES string of the molecule is Cc1sc(-n2cnnc2C)c(C(=NC2CC2C)c2ccc(N)cc2)c1C. The molecule has 2 heterocycles. The van der Waals surface area contributed by atoms with E-state index in [0.29, 0.717) is 12.0 Å². The third-order valence-electron chi connectivity index (χ3n) is 5.09. The minimum Gasteiger partial charge on any atom is -0.399 e. The molecule has 1 aliphatic rings. The van der Waals surface area contributed by atoms with E-state index in [1.807, 2.05) is 19.1 Å². The number of hydrogen-bond donors (Lipinski definition) is 1. The van der Waals surface area contributed by atoms with Gasteiger partial charge < -0.3 is 5.73 Å². The molecule has 2 N–H and O–H groups in total. The first-order valence-electron chi connectivity index (χ1n) is 8.86. The van der Waals surface area contributed by atoms with Crippen molar-refractivity contribution in [3.8, 4) is 5.00 Å². The second kappa shape index (κ2) is 6.36. The van der Waals surface area contributed by atoms with Crippen LogP contribution in [0, 0.1) is 26.7 Å². The average Bonchev–Trinajstić information content (AvgIpc) is 3.00. The topological polar surface area (TPSA) is 69.1 Å². The van der Waals surface area contributed by atoms with Crippen molar-refractivity contribution in [2.75, 3.05) is 5.73 Å². The summed E-state index contributed by atoms with van der Waals surface area (Å²) < 4.78 is 2.06. The Balaban J connectivity index is 1.93. The van der Waals surface area contributed by atoms with Crippen LogP contribution in [0.2, 0.25) is 0 Å². The highest BCUT2D eigenvalue weighted by Crippen LogP contribution is 2.37. The third kappa shape index (κ3) is 2.94. The van der Waals surface area contributed by atoms with Crippen LogP contribution in [0.25, 0.3) is 5.00 Å². The number of anilines is 1. The van der Waals surface area contributed by atoms with Crippen LogP contribution in [0.4, 0.5) is 5.69 Å². The number of aryl methyl sites for hydroxylation is 2. The molecule has 0 radical (unpaired) electrons. The fourth-order valence-electron chi connectivity index (χ4n) is 3.12. The first-order chi connectivity index (χ1) is 12.5. The molecule has 0 amide bonds. The monoisotopic (exact) mass is 365 g/mol. The zero-order valence-corrected chi connectivity index (χ0v) is 16.3. The molecule has 0 spiro atoms. The first-order valence-corrected chi connectivity index (χ1v) is 9.68. The molecule has 4 rings (SSSR count). The maximum Gasteiger partial charge on any atom is 0.134 e. The van der Waals surface area contributed by atoms with Gasteiger partial charge >= 0.3 is 0 Å². The van der Waals surface area contributed by atoms with Gasteiger partial charge in [-0.1, -0.05) is 19.1 Å². The van der Waals surface area contributed by atoms with E-state index in [1.165, 1.54) is 16.0 Å². The van der Waals surface area contributed by atoms with Gasteiger partial charge in [0.1, 0.15) is 17.2 Å². The van der Waals surface area contributed by atoms with Crippen LogP contribution in [0.5, 0.6) is 0 Å². The van der Waals surface area contributed by atoms with Crippen LogP contribution in [-0.4, -0.2) is 26.5 Å². The van der Waals surface area contributed by atoms with Crippen LogP contribution in [0.3, 0.4) is 0 Å². The molecule has 5 nitrogen and oxygen atoms in total. The number of nitrogens with zero attached hydrogens (tertiary/aromatic N) is 4. The van der Waals surface area contributed by atoms with Gasteiger partial charge in [0, 0.05) is 21.7 Å². The number of aliphatic imine (C=N–C) groups is 1. The predicted octanol–water partition coefficient (Wildman–Crippen LogP) is 4.08. The van der Waals surface area contributed by atoms with E-state index in [9.17, 15) is 0 Å². The van der Waals surface area contributed by atoms with E-state index in [1.54, 1.807) is 17.7 Å². The highest BCUT2D eigenvalue weighted by molar-refractivity contribution is 7.15. The molecular weight excluding hydrogens is 342 g/mol. The van der Waals surface area contributed by atoms with Crippen LogP contribution in [0.1, 0.15) is 40.7 Å². The van der Waals surface area contributed by atoms with E-state index in [0.717, 1.165) is 34.2 Å². The molecule has 0 saturated heterocycles. The molecule has 134 valence electrons. The molecule has 1 saturated carbocycles. The molecule has 26 heavy (non-hydrogen) atoms. The lowest BCUT2D eigenvalue weighted by Gasteiger charge is -2.12. The van der Waals surface area contributed by atoms with Gasteiger partial charge in [-0.15, -0.1) is 21.5 Å². The van der Waals surface area contributed by atoms with Crippen molar-refractivity contribution >= 4 is 22.7 Å². The lowest BCUT2D eigenvalue weighted by molar-refractivity contribution is 0.895. The molecule has 2 atom stereocenters.